The third kappa shape index (κ3) is 1.92. The number of hydrogen-bond acceptors (Lipinski definition) is 2. The molecule has 0 aromatic heterocycles. The smallest absolute Gasteiger partial charge is 0.250 e. The Kier molecular flexibility index (Phi) is 2.78. The second-order valence-electron chi connectivity index (χ2n) is 2.67. The molecule has 13 heavy (non-hydrogen) atoms. The van der Waals surface area contributed by atoms with Gasteiger partial charge in [-0.2, -0.15) is 0 Å². The van der Waals surface area contributed by atoms with E-state index >= 15 is 0 Å². The maximum absolute atomic E-state index is 10.9. The monoisotopic (exact) mass is 199 g/mol. The fourth-order valence-corrected chi connectivity index (χ4v) is 1.32. The Labute approximate surface area is 81.4 Å². The summed E-state index contributed by atoms with van der Waals surface area (Å²) in [6, 6.07) is 3.19. The maximum atomic E-state index is 10.9. The maximum Gasteiger partial charge on any atom is 0.250 e. The molecule has 0 spiro atoms. The summed E-state index contributed by atoms with van der Waals surface area (Å²) in [6.45, 7) is 1.82. The Hall–Kier alpha value is -1.22. The summed E-state index contributed by atoms with van der Waals surface area (Å²) in [5.41, 5.74) is 6.26. The van der Waals surface area contributed by atoms with Gasteiger partial charge in [0, 0.05) is 0 Å². The van der Waals surface area contributed by atoms with Crippen LogP contribution in [0.15, 0.2) is 12.1 Å². The molecule has 0 heterocycles. The number of benzene rings is 1. The normalized spacial score (nSPS) is 9.77. The van der Waals surface area contributed by atoms with Gasteiger partial charge >= 0.3 is 0 Å². The van der Waals surface area contributed by atoms with Crippen LogP contribution in [-0.2, 0) is 0 Å². The Balaban J connectivity index is 3.28. The Morgan fingerprint density at radius 3 is 2.62 bits per heavy atom. The van der Waals surface area contributed by atoms with Crippen molar-refractivity contribution in [1.82, 2.24) is 0 Å². The fraction of sp³-hybridized carbons (Fsp3) is 0.222. The van der Waals surface area contributed by atoms with Crippen LogP contribution < -0.4 is 10.5 Å². The highest BCUT2D eigenvalue weighted by Crippen LogP contribution is 2.26. The molecule has 2 N–H and O–H groups in total. The van der Waals surface area contributed by atoms with E-state index in [0.717, 1.165) is 5.56 Å². The number of carbonyl (C=O) groups is 1. The molecule has 1 aromatic carbocycles. The minimum atomic E-state index is -0.532. The van der Waals surface area contributed by atoms with E-state index in [0.29, 0.717) is 16.3 Å². The lowest BCUT2D eigenvalue weighted by Crippen LogP contribution is -2.11. The van der Waals surface area contributed by atoms with Crippen molar-refractivity contribution in [3.8, 4) is 5.75 Å². The molecule has 1 rings (SSSR count). The van der Waals surface area contributed by atoms with E-state index in [-0.39, 0.29) is 0 Å². The van der Waals surface area contributed by atoms with Crippen LogP contribution in [-0.4, -0.2) is 13.0 Å². The van der Waals surface area contributed by atoms with E-state index in [2.05, 4.69) is 0 Å². The van der Waals surface area contributed by atoms with E-state index in [1.807, 2.05) is 6.92 Å². The summed E-state index contributed by atoms with van der Waals surface area (Å²) in [4.78, 5) is 10.9. The predicted molar refractivity (Wildman–Crippen MR) is 51.3 cm³/mol. The van der Waals surface area contributed by atoms with Crippen molar-refractivity contribution >= 4 is 17.5 Å². The Bertz CT molecular complexity index is 350. The summed E-state index contributed by atoms with van der Waals surface area (Å²) in [6.07, 6.45) is 0. The number of rotatable bonds is 2. The van der Waals surface area contributed by atoms with E-state index in [4.69, 9.17) is 22.1 Å². The van der Waals surface area contributed by atoms with Crippen LogP contribution in [0.5, 0.6) is 5.75 Å². The van der Waals surface area contributed by atoms with Crippen molar-refractivity contribution in [3.63, 3.8) is 0 Å². The molecule has 0 fully saturated rings. The zero-order valence-corrected chi connectivity index (χ0v) is 8.18. The van der Waals surface area contributed by atoms with E-state index in [1.165, 1.54) is 0 Å². The van der Waals surface area contributed by atoms with Gasteiger partial charge in [-0.15, -0.1) is 0 Å². The number of ether oxygens (including phenoxy) is 1. The minimum absolute atomic E-state index is 0.315. The molecule has 0 atom stereocenters. The molecule has 0 saturated heterocycles. The highest BCUT2D eigenvalue weighted by atomic mass is 35.5. The van der Waals surface area contributed by atoms with Crippen LogP contribution in [0.1, 0.15) is 15.9 Å². The molecule has 0 aliphatic carbocycles. The average molecular weight is 200 g/mol. The molecule has 0 saturated carbocycles. The van der Waals surface area contributed by atoms with Crippen LogP contribution in [0.2, 0.25) is 5.02 Å². The van der Waals surface area contributed by atoms with Gasteiger partial charge in [0.1, 0.15) is 5.75 Å². The van der Waals surface area contributed by atoms with Gasteiger partial charge in [0.05, 0.1) is 17.7 Å². The molecule has 3 nitrogen and oxygen atoms in total. The molecule has 1 aromatic rings. The van der Waals surface area contributed by atoms with Crippen molar-refractivity contribution in [2.75, 3.05) is 7.11 Å². The molecule has 0 bridgehead atoms. The van der Waals surface area contributed by atoms with Gasteiger partial charge in [-0.1, -0.05) is 11.6 Å². The molecule has 0 aliphatic rings. The minimum Gasteiger partial charge on any atom is -0.496 e. The third-order valence-electron chi connectivity index (χ3n) is 1.75. The summed E-state index contributed by atoms with van der Waals surface area (Å²) < 4.78 is 5.02. The molecule has 0 unspecified atom stereocenters. The van der Waals surface area contributed by atoms with Gasteiger partial charge in [-0.25, -0.2) is 0 Å². The number of hydrogen-bond donors (Lipinski definition) is 1. The molecular formula is C9H10ClNO2. The average Bonchev–Trinajstić information content (AvgIpc) is 2.07. The van der Waals surface area contributed by atoms with Crippen LogP contribution >= 0.6 is 11.6 Å². The second-order valence-corrected chi connectivity index (χ2v) is 3.07. The molecule has 4 heteroatoms. The first-order valence-corrected chi connectivity index (χ1v) is 4.08. The number of primary amides is 1. The number of carbonyl (C=O) groups excluding carboxylic acids is 1. The fourth-order valence-electron chi connectivity index (χ4n) is 1.07. The summed E-state index contributed by atoms with van der Waals surface area (Å²) in [5.74, 6) is 0.116. The van der Waals surface area contributed by atoms with Gasteiger partial charge in [0.2, 0.25) is 5.91 Å². The number of halogens is 1. The van der Waals surface area contributed by atoms with Gasteiger partial charge in [-0.05, 0) is 24.6 Å². The molecule has 1 amide bonds. The quantitative estimate of drug-likeness (QED) is 0.789. The van der Waals surface area contributed by atoms with Crippen LogP contribution in [0.3, 0.4) is 0 Å². The molecule has 0 radical (unpaired) electrons. The van der Waals surface area contributed by atoms with Crippen molar-refractivity contribution < 1.29 is 9.53 Å². The van der Waals surface area contributed by atoms with Crippen molar-refractivity contribution in [2.24, 2.45) is 5.73 Å². The summed E-state index contributed by atoms with van der Waals surface area (Å²) >= 11 is 5.79. The highest BCUT2D eigenvalue weighted by Gasteiger charge is 2.09. The number of methoxy groups -OCH3 is 1. The predicted octanol–water partition coefficient (Wildman–Crippen LogP) is 1.76. The first-order valence-electron chi connectivity index (χ1n) is 3.70. The van der Waals surface area contributed by atoms with Gasteiger partial charge < -0.3 is 10.5 Å². The molecule has 70 valence electrons. The van der Waals surface area contributed by atoms with Crippen molar-refractivity contribution in [1.29, 1.82) is 0 Å². The van der Waals surface area contributed by atoms with E-state index in [9.17, 15) is 4.79 Å². The van der Waals surface area contributed by atoms with Crippen molar-refractivity contribution in [3.05, 3.63) is 28.3 Å². The van der Waals surface area contributed by atoms with Crippen LogP contribution in [0.4, 0.5) is 0 Å². The van der Waals surface area contributed by atoms with E-state index < -0.39 is 5.91 Å². The lowest BCUT2D eigenvalue weighted by atomic mass is 10.1. The number of nitrogens with two attached hydrogens (primary N) is 1. The highest BCUT2D eigenvalue weighted by molar-refractivity contribution is 6.34. The SMILES string of the molecule is COc1cc(Cl)c(C(N)=O)cc1C. The van der Waals surface area contributed by atoms with Crippen LogP contribution in [0, 0.1) is 6.92 Å². The molecule has 0 aliphatic heterocycles. The first-order chi connectivity index (χ1) is 6.06. The Morgan fingerprint density at radius 2 is 2.15 bits per heavy atom. The lowest BCUT2D eigenvalue weighted by molar-refractivity contribution is 0.100. The summed E-state index contributed by atoms with van der Waals surface area (Å²) in [7, 11) is 1.54. The first kappa shape index (κ1) is 9.86. The summed E-state index contributed by atoms with van der Waals surface area (Å²) in [5, 5.41) is 0.315. The largest absolute Gasteiger partial charge is 0.496 e. The Morgan fingerprint density at radius 1 is 1.54 bits per heavy atom. The zero-order chi connectivity index (χ0) is 10.0. The molecular weight excluding hydrogens is 190 g/mol. The van der Waals surface area contributed by atoms with Gasteiger partial charge in [0.15, 0.2) is 0 Å². The van der Waals surface area contributed by atoms with Crippen molar-refractivity contribution in [2.45, 2.75) is 6.92 Å². The van der Waals surface area contributed by atoms with Crippen LogP contribution in [0.25, 0.3) is 0 Å². The third-order valence-corrected chi connectivity index (χ3v) is 2.06. The number of aryl methyl sites for hydroxylation is 1. The standard InChI is InChI=1S/C9H10ClNO2/c1-5-3-6(9(11)12)7(10)4-8(5)13-2/h3-4H,1-2H3,(H2,11,12). The van der Waals surface area contributed by atoms with Gasteiger partial charge in [0.25, 0.3) is 0 Å². The topological polar surface area (TPSA) is 52.3 Å². The number of amides is 1. The van der Waals surface area contributed by atoms with Gasteiger partial charge in [-0.3, -0.25) is 4.79 Å². The lowest BCUT2D eigenvalue weighted by Gasteiger charge is -2.07. The second kappa shape index (κ2) is 3.66. The zero-order valence-electron chi connectivity index (χ0n) is 7.43. The van der Waals surface area contributed by atoms with E-state index in [1.54, 1.807) is 19.2 Å².